The van der Waals surface area contributed by atoms with Gasteiger partial charge in [0.15, 0.2) is 0 Å². The number of aromatic nitrogens is 1. The number of hydrogen-bond donors (Lipinski definition) is 0. The van der Waals surface area contributed by atoms with Crippen LogP contribution < -0.4 is 0 Å². The molecule has 1 heterocycles. The van der Waals surface area contributed by atoms with Crippen molar-refractivity contribution in [2.24, 2.45) is 10.2 Å². The highest BCUT2D eigenvalue weighted by molar-refractivity contribution is 6.08. The molecule has 7 heteroatoms. The molecular formula is C35H48N5O2+. The summed E-state index contributed by atoms with van der Waals surface area (Å²) in [6, 6.07) is 20.9. The van der Waals surface area contributed by atoms with E-state index in [0.29, 0.717) is 5.69 Å². The molecule has 1 aromatic heterocycles. The molecule has 42 heavy (non-hydrogen) atoms. The van der Waals surface area contributed by atoms with Crippen molar-refractivity contribution >= 4 is 38.9 Å². The van der Waals surface area contributed by atoms with Gasteiger partial charge >= 0.3 is 0 Å². The van der Waals surface area contributed by atoms with Crippen LogP contribution in [0.25, 0.3) is 21.8 Å². The second kappa shape index (κ2) is 15.6. The summed E-state index contributed by atoms with van der Waals surface area (Å²) < 4.78 is 3.53. The topological polar surface area (TPSA) is 72.8 Å². The second-order valence-electron chi connectivity index (χ2n) is 12.6. The van der Waals surface area contributed by atoms with Gasteiger partial charge < -0.3 is 9.05 Å². The lowest BCUT2D eigenvalue weighted by Gasteiger charge is -2.23. The minimum absolute atomic E-state index is 0.0472. The van der Waals surface area contributed by atoms with E-state index in [1.54, 1.807) is 12.1 Å². The summed E-state index contributed by atoms with van der Waals surface area (Å²) in [5.74, 6) is 0. The van der Waals surface area contributed by atoms with Crippen LogP contribution in [0.5, 0.6) is 0 Å². The maximum absolute atomic E-state index is 10.9. The third kappa shape index (κ3) is 9.48. The lowest BCUT2D eigenvalue weighted by atomic mass is 10.0. The summed E-state index contributed by atoms with van der Waals surface area (Å²) in [6.45, 7) is 2.31. The fourth-order valence-corrected chi connectivity index (χ4v) is 5.73. The average Bonchev–Trinajstić information content (AvgIpc) is 3.28. The van der Waals surface area contributed by atoms with Crippen LogP contribution in [0.15, 0.2) is 77.0 Å². The zero-order chi connectivity index (χ0) is 29.8. The number of hydrogen-bond acceptors (Lipinski definition) is 4. The zero-order valence-electron chi connectivity index (χ0n) is 25.8. The number of quaternary nitrogens is 1. The number of benzene rings is 3. The fraction of sp³-hybridized carbons (Fsp3) is 0.486. The van der Waals surface area contributed by atoms with Crippen molar-refractivity contribution in [2.45, 2.75) is 83.6 Å². The molecule has 0 N–H and O–H groups in total. The lowest BCUT2D eigenvalue weighted by Crippen LogP contribution is -2.35. The first kappa shape index (κ1) is 31.4. The normalized spacial score (nSPS) is 12.2. The minimum atomic E-state index is -0.413. The van der Waals surface area contributed by atoms with Gasteiger partial charge in [0.2, 0.25) is 0 Å². The maximum atomic E-state index is 10.9. The van der Waals surface area contributed by atoms with Gasteiger partial charge in [-0.05, 0) is 55.7 Å². The van der Waals surface area contributed by atoms with Gasteiger partial charge in [0.25, 0.3) is 5.69 Å². The van der Waals surface area contributed by atoms with Crippen molar-refractivity contribution in [1.29, 1.82) is 0 Å². The Bertz CT molecular complexity index is 1450. The molecule has 4 aromatic rings. The molecular weight excluding hydrogens is 522 g/mol. The third-order valence-electron chi connectivity index (χ3n) is 8.06. The van der Waals surface area contributed by atoms with Crippen molar-refractivity contribution in [3.05, 3.63) is 76.8 Å². The molecule has 3 aromatic carbocycles. The Balaban J connectivity index is 1.21. The molecule has 0 aliphatic heterocycles. The van der Waals surface area contributed by atoms with Gasteiger partial charge in [0, 0.05) is 40.5 Å². The molecule has 0 atom stereocenters. The van der Waals surface area contributed by atoms with E-state index in [1.165, 1.54) is 118 Å². The quantitative estimate of drug-likeness (QED) is 0.0392. The molecule has 4 rings (SSSR count). The number of aryl methyl sites for hydroxylation is 1. The van der Waals surface area contributed by atoms with Gasteiger partial charge in [-0.1, -0.05) is 76.0 Å². The second-order valence-corrected chi connectivity index (χ2v) is 12.6. The van der Waals surface area contributed by atoms with Gasteiger partial charge in [0.05, 0.1) is 44.0 Å². The van der Waals surface area contributed by atoms with Crippen molar-refractivity contribution in [1.82, 2.24) is 4.57 Å². The molecule has 224 valence electrons. The largest absolute Gasteiger partial charge is 0.340 e. The predicted molar refractivity (Wildman–Crippen MR) is 175 cm³/mol. The Morgan fingerprint density at radius 2 is 1.17 bits per heavy atom. The lowest BCUT2D eigenvalue weighted by molar-refractivity contribution is -0.870. The highest BCUT2D eigenvalue weighted by Crippen LogP contribution is 2.33. The van der Waals surface area contributed by atoms with Gasteiger partial charge in [-0.3, -0.25) is 10.1 Å². The number of rotatable bonds is 18. The molecule has 0 amide bonds. The zero-order valence-corrected chi connectivity index (χ0v) is 25.8. The van der Waals surface area contributed by atoms with Gasteiger partial charge in [-0.15, -0.1) is 0 Å². The fourth-order valence-electron chi connectivity index (χ4n) is 5.73. The predicted octanol–water partition coefficient (Wildman–Crippen LogP) is 10.5. The minimum Gasteiger partial charge on any atom is -0.340 e. The molecule has 0 saturated carbocycles. The van der Waals surface area contributed by atoms with Crippen molar-refractivity contribution in [3.8, 4) is 0 Å². The van der Waals surface area contributed by atoms with Crippen molar-refractivity contribution in [2.75, 3.05) is 27.7 Å². The first-order valence-electron chi connectivity index (χ1n) is 15.8. The van der Waals surface area contributed by atoms with Crippen LogP contribution in [-0.2, 0) is 6.54 Å². The smallest absolute Gasteiger partial charge is 0.269 e. The van der Waals surface area contributed by atoms with E-state index >= 15 is 0 Å². The van der Waals surface area contributed by atoms with Crippen LogP contribution >= 0.6 is 0 Å². The Hall–Kier alpha value is -3.58. The van der Waals surface area contributed by atoms with E-state index in [1.807, 2.05) is 6.07 Å². The van der Waals surface area contributed by atoms with Crippen LogP contribution in [0.4, 0.5) is 17.1 Å². The van der Waals surface area contributed by atoms with Crippen LogP contribution in [-0.4, -0.2) is 41.7 Å². The number of para-hydroxylation sites is 1. The van der Waals surface area contributed by atoms with Crippen LogP contribution in [0.3, 0.4) is 0 Å². The Labute approximate surface area is 251 Å². The SMILES string of the molecule is C[N+](C)(C)CCCCCCCCCCCCCCn1c2ccccc2c2cc(N=Nc3ccc([N+](=O)[O-])cc3)ccc21. The highest BCUT2D eigenvalue weighted by Gasteiger charge is 2.11. The first-order chi connectivity index (χ1) is 20.3. The molecule has 0 spiro atoms. The molecule has 0 saturated heterocycles. The van der Waals surface area contributed by atoms with E-state index in [9.17, 15) is 10.1 Å². The number of unbranched alkanes of at least 4 members (excludes halogenated alkanes) is 11. The highest BCUT2D eigenvalue weighted by atomic mass is 16.6. The van der Waals surface area contributed by atoms with Crippen LogP contribution in [0, 0.1) is 10.1 Å². The Morgan fingerprint density at radius 3 is 1.79 bits per heavy atom. The molecule has 0 fully saturated rings. The van der Waals surface area contributed by atoms with Crippen molar-refractivity contribution in [3.63, 3.8) is 0 Å². The summed E-state index contributed by atoms with van der Waals surface area (Å²) >= 11 is 0. The Kier molecular flexibility index (Phi) is 11.6. The van der Waals surface area contributed by atoms with Gasteiger partial charge in [0.1, 0.15) is 0 Å². The van der Waals surface area contributed by atoms with Crippen molar-refractivity contribution < 1.29 is 9.41 Å². The van der Waals surface area contributed by atoms with E-state index in [0.717, 1.165) is 16.7 Å². The summed E-state index contributed by atoms with van der Waals surface area (Å²) in [6.07, 6.45) is 16.2. The molecule has 0 radical (unpaired) electrons. The van der Waals surface area contributed by atoms with Crippen LogP contribution in [0.2, 0.25) is 0 Å². The van der Waals surface area contributed by atoms with Gasteiger partial charge in [-0.25, -0.2) is 0 Å². The summed E-state index contributed by atoms with van der Waals surface area (Å²) in [7, 11) is 6.85. The molecule has 0 unspecified atom stereocenters. The number of non-ortho nitro benzene ring substituents is 1. The first-order valence-corrected chi connectivity index (χ1v) is 15.8. The average molecular weight is 571 g/mol. The van der Waals surface area contributed by atoms with Gasteiger partial charge in [-0.2, -0.15) is 10.2 Å². The summed E-state index contributed by atoms with van der Waals surface area (Å²) in [5, 5.41) is 22.0. The summed E-state index contributed by atoms with van der Waals surface area (Å²) in [5.41, 5.74) is 3.89. The number of nitro groups is 1. The monoisotopic (exact) mass is 570 g/mol. The third-order valence-corrected chi connectivity index (χ3v) is 8.06. The maximum Gasteiger partial charge on any atom is 0.269 e. The Morgan fingerprint density at radius 1 is 0.643 bits per heavy atom. The van der Waals surface area contributed by atoms with E-state index in [4.69, 9.17) is 0 Å². The number of azo groups is 1. The summed E-state index contributed by atoms with van der Waals surface area (Å²) in [4.78, 5) is 10.5. The number of nitrogens with zero attached hydrogens (tertiary/aromatic N) is 5. The molecule has 0 bridgehead atoms. The van der Waals surface area contributed by atoms with E-state index in [-0.39, 0.29) is 5.69 Å². The molecule has 0 aliphatic carbocycles. The van der Waals surface area contributed by atoms with Crippen LogP contribution in [0.1, 0.15) is 77.0 Å². The van der Waals surface area contributed by atoms with E-state index in [2.05, 4.69) is 72.3 Å². The standard InChI is InChI=1S/C35H48N5O2/c1-40(2,3)27-17-13-11-9-7-5-4-6-8-10-12-16-26-38-34-19-15-14-18-32(34)33-28-30(22-25-35(33)38)37-36-29-20-23-31(24-21-29)39(41)42/h14-15,18-25,28H,4-13,16-17,26-27H2,1-3H3/q+1. The molecule has 7 nitrogen and oxygen atoms in total. The molecule has 0 aliphatic rings. The number of fused-ring (bicyclic) bond motifs is 3. The number of nitro benzene ring substituents is 1. The van der Waals surface area contributed by atoms with E-state index < -0.39 is 4.92 Å².